The van der Waals surface area contributed by atoms with Gasteiger partial charge in [0.25, 0.3) is 0 Å². The molecule has 1 aromatic rings. The Morgan fingerprint density at radius 2 is 2.41 bits per heavy atom. The van der Waals surface area contributed by atoms with Crippen LogP contribution in [0.15, 0.2) is 24.4 Å². The third-order valence-electron chi connectivity index (χ3n) is 2.98. The topological polar surface area (TPSA) is 37.4 Å². The average Bonchev–Trinajstić information content (AvgIpc) is 2.61. The molecule has 0 saturated carbocycles. The van der Waals surface area contributed by atoms with E-state index in [1.54, 1.807) is 0 Å². The summed E-state index contributed by atoms with van der Waals surface area (Å²) in [4.78, 5) is 6.55. The van der Waals surface area contributed by atoms with E-state index in [0.29, 0.717) is 6.61 Å². The highest BCUT2D eigenvalue weighted by atomic mass is 16.5. The van der Waals surface area contributed by atoms with Gasteiger partial charge in [0.05, 0.1) is 0 Å². The Bertz CT molecular complexity index is 417. The molecule has 0 fully saturated rings. The van der Waals surface area contributed by atoms with Crippen LogP contribution in [0.5, 0.6) is 5.88 Å². The number of anilines is 1. The molecule has 0 aliphatic carbocycles. The highest BCUT2D eigenvalue weighted by Crippen LogP contribution is 2.23. The molecule has 1 aromatic heterocycles. The van der Waals surface area contributed by atoms with Crippen molar-refractivity contribution in [3.05, 3.63) is 30.0 Å². The minimum atomic E-state index is 0.669. The van der Waals surface area contributed by atoms with Gasteiger partial charge >= 0.3 is 0 Å². The number of hydrogen-bond acceptors (Lipinski definition) is 4. The summed E-state index contributed by atoms with van der Waals surface area (Å²) in [5.74, 6) is 1.63. The van der Waals surface area contributed by atoms with Crippen LogP contribution in [0.1, 0.15) is 18.9 Å². The SMILES string of the molecule is C=C(CC)N(C)c1ccc2c(n1)OCCNC2. The van der Waals surface area contributed by atoms with Crippen molar-refractivity contribution in [2.75, 3.05) is 25.1 Å². The fraction of sp³-hybridized carbons (Fsp3) is 0.462. The largest absolute Gasteiger partial charge is 0.476 e. The van der Waals surface area contributed by atoms with E-state index in [1.807, 2.05) is 18.0 Å². The summed E-state index contributed by atoms with van der Waals surface area (Å²) >= 11 is 0. The van der Waals surface area contributed by atoms with Crippen molar-refractivity contribution in [3.8, 4) is 5.88 Å². The summed E-state index contributed by atoms with van der Waals surface area (Å²) in [5.41, 5.74) is 2.16. The molecule has 1 N–H and O–H groups in total. The third kappa shape index (κ3) is 2.58. The summed E-state index contributed by atoms with van der Waals surface area (Å²) in [6, 6.07) is 4.07. The normalized spacial score (nSPS) is 14.5. The summed E-state index contributed by atoms with van der Waals surface area (Å²) in [6.45, 7) is 8.45. The van der Waals surface area contributed by atoms with Gasteiger partial charge in [-0.1, -0.05) is 13.5 Å². The molecule has 0 unspecified atom stereocenters. The molecule has 0 bridgehead atoms. The zero-order valence-electron chi connectivity index (χ0n) is 10.5. The van der Waals surface area contributed by atoms with Crippen LogP contribution in [0.25, 0.3) is 0 Å². The van der Waals surface area contributed by atoms with Crippen LogP contribution in [-0.2, 0) is 6.54 Å². The first-order chi connectivity index (χ1) is 8.22. The first kappa shape index (κ1) is 11.9. The lowest BCUT2D eigenvalue weighted by atomic mass is 10.2. The highest BCUT2D eigenvalue weighted by Gasteiger charge is 2.13. The lowest BCUT2D eigenvalue weighted by molar-refractivity contribution is 0.314. The fourth-order valence-corrected chi connectivity index (χ4v) is 1.75. The second-order valence-electron chi connectivity index (χ2n) is 4.14. The Kier molecular flexibility index (Phi) is 3.64. The van der Waals surface area contributed by atoms with Crippen molar-refractivity contribution < 1.29 is 4.74 Å². The van der Waals surface area contributed by atoms with E-state index in [1.165, 1.54) is 0 Å². The van der Waals surface area contributed by atoms with Crippen LogP contribution in [0, 0.1) is 0 Å². The molecule has 4 nitrogen and oxygen atoms in total. The second kappa shape index (κ2) is 5.19. The van der Waals surface area contributed by atoms with Gasteiger partial charge in [-0.05, 0) is 18.6 Å². The first-order valence-electron chi connectivity index (χ1n) is 5.97. The Morgan fingerprint density at radius 1 is 1.59 bits per heavy atom. The zero-order chi connectivity index (χ0) is 12.3. The Labute approximate surface area is 102 Å². The Morgan fingerprint density at radius 3 is 3.18 bits per heavy atom. The number of nitrogens with one attached hydrogen (secondary N) is 1. The third-order valence-corrected chi connectivity index (χ3v) is 2.98. The lowest BCUT2D eigenvalue weighted by Crippen LogP contribution is -2.16. The lowest BCUT2D eigenvalue weighted by Gasteiger charge is -2.20. The molecule has 0 saturated heterocycles. The maximum atomic E-state index is 5.62. The number of pyridine rings is 1. The van der Waals surface area contributed by atoms with Crippen LogP contribution in [0.2, 0.25) is 0 Å². The number of aromatic nitrogens is 1. The Hall–Kier alpha value is -1.55. The summed E-state index contributed by atoms with van der Waals surface area (Å²) in [7, 11) is 1.98. The van der Waals surface area contributed by atoms with E-state index in [4.69, 9.17) is 4.74 Å². The summed E-state index contributed by atoms with van der Waals surface area (Å²) < 4.78 is 5.62. The van der Waals surface area contributed by atoms with Crippen molar-refractivity contribution >= 4 is 5.82 Å². The molecule has 0 aromatic carbocycles. The zero-order valence-corrected chi connectivity index (χ0v) is 10.5. The number of nitrogens with zero attached hydrogens (tertiary/aromatic N) is 2. The molecule has 4 heteroatoms. The van der Waals surface area contributed by atoms with Crippen LogP contribution < -0.4 is 15.0 Å². The maximum Gasteiger partial charge on any atom is 0.219 e. The van der Waals surface area contributed by atoms with E-state index < -0.39 is 0 Å². The molecule has 17 heavy (non-hydrogen) atoms. The maximum absolute atomic E-state index is 5.62. The molecule has 0 amide bonds. The number of fused-ring (bicyclic) bond motifs is 1. The molecule has 0 spiro atoms. The van der Waals surface area contributed by atoms with Gasteiger partial charge in [0.15, 0.2) is 0 Å². The molecular weight excluding hydrogens is 214 g/mol. The summed E-state index contributed by atoms with van der Waals surface area (Å²) in [5, 5.41) is 3.29. The minimum Gasteiger partial charge on any atom is -0.476 e. The number of rotatable bonds is 3. The van der Waals surface area contributed by atoms with Crippen molar-refractivity contribution in [1.29, 1.82) is 0 Å². The van der Waals surface area contributed by atoms with Crippen molar-refractivity contribution in [3.63, 3.8) is 0 Å². The van der Waals surface area contributed by atoms with E-state index in [-0.39, 0.29) is 0 Å². The van der Waals surface area contributed by atoms with Crippen molar-refractivity contribution in [2.45, 2.75) is 19.9 Å². The van der Waals surface area contributed by atoms with Crippen LogP contribution in [-0.4, -0.2) is 25.2 Å². The minimum absolute atomic E-state index is 0.669. The van der Waals surface area contributed by atoms with Gasteiger partial charge in [-0.15, -0.1) is 0 Å². The molecule has 1 aliphatic rings. The molecular formula is C13H19N3O. The molecule has 1 aliphatic heterocycles. The van der Waals surface area contributed by atoms with Gasteiger partial charge in [0, 0.05) is 31.4 Å². The highest BCUT2D eigenvalue weighted by molar-refractivity contribution is 5.48. The van der Waals surface area contributed by atoms with E-state index in [2.05, 4.69) is 29.9 Å². The summed E-state index contributed by atoms with van der Waals surface area (Å²) in [6.07, 6.45) is 0.914. The van der Waals surface area contributed by atoms with Gasteiger partial charge in [-0.25, -0.2) is 0 Å². The molecule has 92 valence electrons. The monoisotopic (exact) mass is 233 g/mol. The van der Waals surface area contributed by atoms with Crippen LogP contribution >= 0.6 is 0 Å². The van der Waals surface area contributed by atoms with E-state index in [0.717, 1.165) is 42.5 Å². The van der Waals surface area contributed by atoms with Crippen LogP contribution in [0.4, 0.5) is 5.82 Å². The van der Waals surface area contributed by atoms with Gasteiger partial charge < -0.3 is 15.0 Å². The predicted octanol–water partition coefficient (Wildman–Crippen LogP) is 1.92. The standard InChI is InChI=1S/C13H19N3O/c1-4-10(2)16(3)12-6-5-11-9-14-7-8-17-13(11)15-12/h5-6,14H,2,4,7-9H2,1,3H3. The molecule has 0 atom stereocenters. The molecule has 2 heterocycles. The fourth-order valence-electron chi connectivity index (χ4n) is 1.75. The van der Waals surface area contributed by atoms with E-state index in [9.17, 15) is 0 Å². The van der Waals surface area contributed by atoms with Crippen molar-refractivity contribution in [2.24, 2.45) is 0 Å². The number of allylic oxidation sites excluding steroid dienone is 1. The molecule has 2 rings (SSSR count). The van der Waals surface area contributed by atoms with Gasteiger partial charge in [-0.3, -0.25) is 0 Å². The van der Waals surface area contributed by atoms with Gasteiger partial charge in [-0.2, -0.15) is 4.98 Å². The van der Waals surface area contributed by atoms with Gasteiger partial charge in [0.2, 0.25) is 5.88 Å². The number of hydrogen-bond donors (Lipinski definition) is 1. The van der Waals surface area contributed by atoms with Crippen LogP contribution in [0.3, 0.4) is 0 Å². The van der Waals surface area contributed by atoms with Crippen molar-refractivity contribution in [1.82, 2.24) is 10.3 Å². The van der Waals surface area contributed by atoms with Gasteiger partial charge in [0.1, 0.15) is 12.4 Å². The Balaban J connectivity index is 2.26. The average molecular weight is 233 g/mol. The first-order valence-corrected chi connectivity index (χ1v) is 5.97. The molecule has 0 radical (unpaired) electrons. The van der Waals surface area contributed by atoms with E-state index >= 15 is 0 Å². The number of ether oxygens (including phenoxy) is 1. The smallest absolute Gasteiger partial charge is 0.219 e. The predicted molar refractivity (Wildman–Crippen MR) is 69.3 cm³/mol. The quantitative estimate of drug-likeness (QED) is 0.865. The second-order valence-corrected chi connectivity index (χ2v) is 4.14.